The third-order valence-corrected chi connectivity index (χ3v) is 4.23. The highest BCUT2D eigenvalue weighted by molar-refractivity contribution is 8.01. The van der Waals surface area contributed by atoms with Gasteiger partial charge in [0.25, 0.3) is 0 Å². The minimum Gasteiger partial charge on any atom is -0.480 e. The van der Waals surface area contributed by atoms with Crippen LogP contribution in [0.1, 0.15) is 25.3 Å². The van der Waals surface area contributed by atoms with Gasteiger partial charge in [-0.3, -0.25) is 4.79 Å². The van der Waals surface area contributed by atoms with Gasteiger partial charge in [-0.15, -0.1) is 11.8 Å². The summed E-state index contributed by atoms with van der Waals surface area (Å²) in [5.74, 6) is -0.295. The van der Waals surface area contributed by atoms with Crippen molar-refractivity contribution in [1.29, 1.82) is 0 Å². The first-order valence-corrected chi connectivity index (χ1v) is 6.45. The van der Waals surface area contributed by atoms with Gasteiger partial charge in [0.05, 0.1) is 13.2 Å². The molecule has 0 unspecified atom stereocenters. The molecule has 0 atom stereocenters. The molecule has 92 valence electrons. The van der Waals surface area contributed by atoms with Crippen LogP contribution in [0.3, 0.4) is 0 Å². The van der Waals surface area contributed by atoms with Crippen LogP contribution in [0.2, 0.25) is 0 Å². The molecule has 1 aromatic carbocycles. The predicted octanol–water partition coefficient (Wildman–Crippen LogP) is 2.76. The zero-order valence-electron chi connectivity index (χ0n) is 9.97. The van der Waals surface area contributed by atoms with Crippen molar-refractivity contribution in [2.24, 2.45) is 0 Å². The Morgan fingerprint density at radius 1 is 1.35 bits per heavy atom. The quantitative estimate of drug-likeness (QED) is 0.895. The summed E-state index contributed by atoms with van der Waals surface area (Å²) < 4.78 is 4.25. The van der Waals surface area contributed by atoms with E-state index in [0.29, 0.717) is 19.1 Å². The van der Waals surface area contributed by atoms with Crippen molar-refractivity contribution >= 4 is 17.7 Å². The molecule has 2 rings (SSSR count). The van der Waals surface area contributed by atoms with Crippen molar-refractivity contribution in [3.05, 3.63) is 29.8 Å². The topological polar surface area (TPSA) is 46.5 Å². The molecule has 0 aliphatic carbocycles. The zero-order chi connectivity index (χ0) is 12.5. The lowest BCUT2D eigenvalue weighted by Gasteiger charge is -2.36. The van der Waals surface area contributed by atoms with E-state index in [2.05, 4.69) is 26.0 Å². The minimum absolute atomic E-state index is 0.291. The molecule has 1 fully saturated rings. The van der Waals surface area contributed by atoms with Crippen LogP contribution in [0, 0.1) is 0 Å². The lowest BCUT2D eigenvalue weighted by Crippen LogP contribution is -2.53. The molecule has 4 heteroatoms. The molecule has 0 spiro atoms. The number of thioether (sulfide) groups is 1. The first kappa shape index (κ1) is 12.5. The molecular formula is C13H16O3S. The Morgan fingerprint density at radius 2 is 1.94 bits per heavy atom. The van der Waals surface area contributed by atoms with Gasteiger partial charge in [-0.25, -0.2) is 0 Å². The van der Waals surface area contributed by atoms with E-state index < -0.39 is 10.7 Å². The van der Waals surface area contributed by atoms with Crippen molar-refractivity contribution in [3.63, 3.8) is 0 Å². The van der Waals surface area contributed by atoms with Crippen LogP contribution >= 0.6 is 11.8 Å². The van der Waals surface area contributed by atoms with E-state index in [1.807, 2.05) is 12.1 Å². The van der Waals surface area contributed by atoms with E-state index >= 15 is 0 Å². The Hall–Kier alpha value is -1.00. The largest absolute Gasteiger partial charge is 0.480 e. The summed E-state index contributed by atoms with van der Waals surface area (Å²) in [5, 5.41) is 9.19. The molecule has 1 N–H and O–H groups in total. The highest BCUT2D eigenvalue weighted by atomic mass is 32.2. The third kappa shape index (κ3) is 2.48. The predicted molar refractivity (Wildman–Crippen MR) is 67.6 cm³/mol. The summed E-state index contributed by atoms with van der Waals surface area (Å²) in [7, 11) is 0. The smallest absolute Gasteiger partial charge is 0.324 e. The molecule has 0 amide bonds. The maximum Gasteiger partial charge on any atom is 0.324 e. The van der Waals surface area contributed by atoms with Gasteiger partial charge in [0.1, 0.15) is 0 Å². The SMILES string of the molecule is CC(C)c1ccc(SC2(C(=O)O)COC2)cc1. The first-order valence-electron chi connectivity index (χ1n) is 5.64. The number of hydrogen-bond donors (Lipinski definition) is 1. The second-order valence-electron chi connectivity index (χ2n) is 4.62. The molecule has 1 heterocycles. The maximum atomic E-state index is 11.2. The number of ether oxygens (including phenoxy) is 1. The van der Waals surface area contributed by atoms with Gasteiger partial charge in [0.15, 0.2) is 4.75 Å². The average molecular weight is 252 g/mol. The van der Waals surface area contributed by atoms with Gasteiger partial charge in [-0.05, 0) is 23.6 Å². The third-order valence-electron chi connectivity index (χ3n) is 2.92. The van der Waals surface area contributed by atoms with Crippen LogP contribution in [-0.4, -0.2) is 29.0 Å². The molecule has 1 saturated heterocycles. The van der Waals surface area contributed by atoms with Crippen molar-refractivity contribution in [3.8, 4) is 0 Å². The second kappa shape index (κ2) is 4.70. The highest BCUT2D eigenvalue weighted by Gasteiger charge is 2.47. The summed E-state index contributed by atoms with van der Waals surface area (Å²) in [6.45, 7) is 4.86. The molecule has 3 nitrogen and oxygen atoms in total. The van der Waals surface area contributed by atoms with Crippen molar-refractivity contribution < 1.29 is 14.6 Å². The monoisotopic (exact) mass is 252 g/mol. The van der Waals surface area contributed by atoms with Crippen LogP contribution in [0.25, 0.3) is 0 Å². The van der Waals surface area contributed by atoms with Gasteiger partial charge in [0, 0.05) is 4.90 Å². The number of carbonyl (C=O) groups is 1. The van der Waals surface area contributed by atoms with Gasteiger partial charge in [0.2, 0.25) is 0 Å². The number of hydrogen-bond acceptors (Lipinski definition) is 3. The summed E-state index contributed by atoms with van der Waals surface area (Å²) in [4.78, 5) is 12.2. The van der Waals surface area contributed by atoms with Crippen LogP contribution in [0.5, 0.6) is 0 Å². The molecule has 17 heavy (non-hydrogen) atoms. The van der Waals surface area contributed by atoms with E-state index in [1.54, 1.807) is 0 Å². The number of benzene rings is 1. The molecular weight excluding hydrogens is 236 g/mol. The lowest BCUT2D eigenvalue weighted by atomic mass is 10.0. The average Bonchev–Trinajstić information content (AvgIpc) is 2.23. The van der Waals surface area contributed by atoms with Gasteiger partial charge >= 0.3 is 5.97 Å². The van der Waals surface area contributed by atoms with Gasteiger partial charge in [-0.1, -0.05) is 26.0 Å². The van der Waals surface area contributed by atoms with Crippen LogP contribution in [0.4, 0.5) is 0 Å². The van der Waals surface area contributed by atoms with E-state index in [4.69, 9.17) is 4.74 Å². The summed E-state index contributed by atoms with van der Waals surface area (Å²) in [5.41, 5.74) is 1.27. The fraction of sp³-hybridized carbons (Fsp3) is 0.462. The zero-order valence-corrected chi connectivity index (χ0v) is 10.8. The number of carboxylic acids is 1. The van der Waals surface area contributed by atoms with Crippen LogP contribution in [-0.2, 0) is 9.53 Å². The molecule has 0 bridgehead atoms. The molecule has 0 saturated carbocycles. The minimum atomic E-state index is -0.790. The molecule has 0 aromatic heterocycles. The van der Waals surface area contributed by atoms with Crippen molar-refractivity contribution in [2.75, 3.05) is 13.2 Å². The van der Waals surface area contributed by atoms with E-state index in [-0.39, 0.29) is 0 Å². The number of aliphatic carboxylic acids is 1. The van der Waals surface area contributed by atoms with Gasteiger partial charge in [-0.2, -0.15) is 0 Å². The number of rotatable bonds is 4. The van der Waals surface area contributed by atoms with E-state index in [9.17, 15) is 9.90 Å². The van der Waals surface area contributed by atoms with Gasteiger partial charge < -0.3 is 9.84 Å². The van der Waals surface area contributed by atoms with Crippen molar-refractivity contribution in [1.82, 2.24) is 0 Å². The fourth-order valence-electron chi connectivity index (χ4n) is 1.66. The maximum absolute atomic E-state index is 11.2. The fourth-order valence-corrected chi connectivity index (χ4v) is 2.76. The first-order chi connectivity index (χ1) is 8.03. The summed E-state index contributed by atoms with van der Waals surface area (Å²) in [6, 6.07) is 8.09. The Bertz CT molecular complexity index is 407. The van der Waals surface area contributed by atoms with Crippen LogP contribution < -0.4 is 0 Å². The van der Waals surface area contributed by atoms with Crippen molar-refractivity contribution in [2.45, 2.75) is 29.4 Å². The highest BCUT2D eigenvalue weighted by Crippen LogP contribution is 2.39. The summed E-state index contributed by atoms with van der Waals surface area (Å²) in [6.07, 6.45) is 0. The van der Waals surface area contributed by atoms with Crippen LogP contribution in [0.15, 0.2) is 29.2 Å². The molecule has 1 aliphatic heterocycles. The Kier molecular flexibility index (Phi) is 3.45. The molecule has 0 radical (unpaired) electrons. The van der Waals surface area contributed by atoms with E-state index in [0.717, 1.165) is 4.90 Å². The van der Waals surface area contributed by atoms with E-state index in [1.165, 1.54) is 17.3 Å². The normalized spacial score (nSPS) is 17.8. The Balaban J connectivity index is 2.11. The summed E-state index contributed by atoms with van der Waals surface area (Å²) >= 11 is 1.38. The molecule has 1 aromatic rings. The lowest BCUT2D eigenvalue weighted by molar-refractivity contribution is -0.151. The Morgan fingerprint density at radius 3 is 2.29 bits per heavy atom. The molecule has 1 aliphatic rings. The Labute approximate surface area is 105 Å². The standard InChI is InChI=1S/C13H16O3S/c1-9(2)10-3-5-11(6-4-10)17-13(12(14)15)7-16-8-13/h3-6,9H,7-8H2,1-2H3,(H,14,15). The number of carboxylic acid groups (broad SMARTS) is 1. The second-order valence-corrected chi connectivity index (χ2v) is 6.08.